The van der Waals surface area contributed by atoms with Crippen molar-refractivity contribution in [3.05, 3.63) is 53.6 Å². The van der Waals surface area contributed by atoms with E-state index in [1.807, 2.05) is 37.3 Å². The molecule has 1 fully saturated rings. The van der Waals surface area contributed by atoms with Crippen LogP contribution in [0, 0.1) is 6.92 Å². The molecule has 5 heteroatoms. The standard InChI is InChI=1S/C19H23N3O2/c1-15-3-5-17(6-4-15)20-21-18-7-8-19(23)16(13-18)14-22(2)9-11-24-12-10-22/h3-8,13H,9-12,14H2,1-2H3/p+1. The number of aryl methyl sites for hydroxylation is 1. The van der Waals surface area contributed by atoms with E-state index in [2.05, 4.69) is 17.3 Å². The van der Waals surface area contributed by atoms with Crippen LogP contribution in [0.2, 0.25) is 0 Å². The summed E-state index contributed by atoms with van der Waals surface area (Å²) in [5.41, 5.74) is 3.67. The molecule has 24 heavy (non-hydrogen) atoms. The molecule has 1 aliphatic rings. The lowest BCUT2D eigenvalue weighted by molar-refractivity contribution is -0.929. The molecule has 0 saturated carbocycles. The molecule has 1 saturated heterocycles. The van der Waals surface area contributed by atoms with Crippen LogP contribution in [0.4, 0.5) is 11.4 Å². The van der Waals surface area contributed by atoms with Gasteiger partial charge in [-0.2, -0.15) is 10.2 Å². The van der Waals surface area contributed by atoms with E-state index in [1.54, 1.807) is 12.1 Å². The summed E-state index contributed by atoms with van der Waals surface area (Å²) in [5.74, 6) is 0.315. The van der Waals surface area contributed by atoms with Gasteiger partial charge in [0.25, 0.3) is 0 Å². The number of phenolic OH excluding ortho intramolecular Hbond substituents is 1. The van der Waals surface area contributed by atoms with Crippen LogP contribution in [-0.2, 0) is 11.3 Å². The van der Waals surface area contributed by atoms with Crippen LogP contribution in [0.25, 0.3) is 0 Å². The molecular formula is C19H24N3O2+. The van der Waals surface area contributed by atoms with Gasteiger partial charge in [-0.25, -0.2) is 0 Å². The number of hydrogen-bond acceptors (Lipinski definition) is 4. The van der Waals surface area contributed by atoms with E-state index in [-0.39, 0.29) is 0 Å². The Morgan fingerprint density at radius 2 is 1.62 bits per heavy atom. The summed E-state index contributed by atoms with van der Waals surface area (Å²) in [6.07, 6.45) is 0. The molecule has 0 amide bonds. The summed E-state index contributed by atoms with van der Waals surface area (Å²) in [6.45, 7) is 6.25. The zero-order valence-electron chi connectivity index (χ0n) is 14.3. The van der Waals surface area contributed by atoms with E-state index in [9.17, 15) is 5.11 Å². The first-order valence-corrected chi connectivity index (χ1v) is 8.26. The van der Waals surface area contributed by atoms with Crippen molar-refractivity contribution in [3.8, 4) is 5.75 Å². The van der Waals surface area contributed by atoms with Gasteiger partial charge in [0.05, 0.1) is 37.2 Å². The van der Waals surface area contributed by atoms with Crippen molar-refractivity contribution in [2.75, 3.05) is 33.4 Å². The summed E-state index contributed by atoms with van der Waals surface area (Å²) in [7, 11) is 2.20. The molecule has 2 aromatic rings. The third-order valence-corrected chi connectivity index (χ3v) is 4.48. The van der Waals surface area contributed by atoms with Crippen LogP contribution in [0.15, 0.2) is 52.7 Å². The zero-order valence-corrected chi connectivity index (χ0v) is 14.3. The van der Waals surface area contributed by atoms with Gasteiger partial charge in [-0.1, -0.05) is 17.7 Å². The number of ether oxygens (including phenoxy) is 1. The van der Waals surface area contributed by atoms with Crippen molar-refractivity contribution in [2.45, 2.75) is 13.5 Å². The van der Waals surface area contributed by atoms with E-state index < -0.39 is 0 Å². The van der Waals surface area contributed by atoms with Crippen molar-refractivity contribution < 1.29 is 14.3 Å². The molecule has 0 bridgehead atoms. The van der Waals surface area contributed by atoms with Gasteiger partial charge in [0.2, 0.25) is 0 Å². The molecular weight excluding hydrogens is 302 g/mol. The molecule has 126 valence electrons. The first kappa shape index (κ1) is 16.6. The molecule has 1 N–H and O–H groups in total. The van der Waals surface area contributed by atoms with Crippen LogP contribution in [0.1, 0.15) is 11.1 Å². The highest BCUT2D eigenvalue weighted by Gasteiger charge is 2.26. The van der Waals surface area contributed by atoms with E-state index in [4.69, 9.17) is 4.74 Å². The molecule has 1 aliphatic heterocycles. The number of rotatable bonds is 4. The number of aromatic hydroxyl groups is 1. The number of azo groups is 1. The Hall–Kier alpha value is -2.24. The minimum Gasteiger partial charge on any atom is -0.507 e. The highest BCUT2D eigenvalue weighted by Crippen LogP contribution is 2.28. The summed E-state index contributed by atoms with van der Waals surface area (Å²) < 4.78 is 6.31. The summed E-state index contributed by atoms with van der Waals surface area (Å²) in [4.78, 5) is 0. The number of morpholine rings is 1. The Morgan fingerprint density at radius 3 is 2.33 bits per heavy atom. The van der Waals surface area contributed by atoms with Gasteiger partial charge >= 0.3 is 0 Å². The summed E-state index contributed by atoms with van der Waals surface area (Å²) in [5, 5.41) is 18.8. The maximum Gasteiger partial charge on any atom is 0.124 e. The van der Waals surface area contributed by atoms with E-state index in [0.717, 1.165) is 54.3 Å². The lowest BCUT2D eigenvalue weighted by atomic mass is 10.1. The fourth-order valence-electron chi connectivity index (χ4n) is 2.84. The molecule has 3 rings (SSSR count). The molecule has 0 spiro atoms. The molecule has 5 nitrogen and oxygen atoms in total. The van der Waals surface area contributed by atoms with E-state index in [1.165, 1.54) is 5.56 Å². The Kier molecular flexibility index (Phi) is 4.92. The molecule has 0 radical (unpaired) electrons. The molecule has 2 aromatic carbocycles. The monoisotopic (exact) mass is 326 g/mol. The number of quaternary nitrogens is 1. The van der Waals surface area contributed by atoms with Gasteiger partial charge < -0.3 is 14.3 Å². The molecule has 0 atom stereocenters. The van der Waals surface area contributed by atoms with Gasteiger partial charge in [0.1, 0.15) is 25.4 Å². The predicted molar refractivity (Wildman–Crippen MR) is 93.9 cm³/mol. The second-order valence-electron chi connectivity index (χ2n) is 6.69. The Morgan fingerprint density at radius 1 is 1.00 bits per heavy atom. The van der Waals surface area contributed by atoms with Crippen molar-refractivity contribution in [1.82, 2.24) is 0 Å². The number of hydrogen-bond donors (Lipinski definition) is 1. The van der Waals surface area contributed by atoms with Gasteiger partial charge in [0, 0.05) is 0 Å². The van der Waals surface area contributed by atoms with Crippen molar-refractivity contribution in [3.63, 3.8) is 0 Å². The Bertz CT molecular complexity index is 720. The average Bonchev–Trinajstić information content (AvgIpc) is 2.57. The number of likely N-dealkylation sites (N-methyl/N-ethyl adjacent to an activating group) is 1. The largest absolute Gasteiger partial charge is 0.507 e. The summed E-state index contributed by atoms with van der Waals surface area (Å²) >= 11 is 0. The van der Waals surface area contributed by atoms with Crippen molar-refractivity contribution >= 4 is 11.4 Å². The number of phenols is 1. The van der Waals surface area contributed by atoms with Gasteiger partial charge in [0.15, 0.2) is 0 Å². The van der Waals surface area contributed by atoms with Gasteiger partial charge in [-0.15, -0.1) is 0 Å². The molecule has 0 unspecified atom stereocenters. The van der Waals surface area contributed by atoms with Gasteiger partial charge in [-0.3, -0.25) is 0 Å². The predicted octanol–water partition coefficient (Wildman–Crippen LogP) is 4.09. The van der Waals surface area contributed by atoms with Crippen LogP contribution >= 0.6 is 0 Å². The van der Waals surface area contributed by atoms with Crippen LogP contribution in [0.3, 0.4) is 0 Å². The maximum absolute atomic E-state index is 10.2. The second-order valence-corrected chi connectivity index (χ2v) is 6.69. The van der Waals surface area contributed by atoms with Crippen LogP contribution in [-0.4, -0.2) is 42.9 Å². The molecule has 0 aliphatic carbocycles. The lowest BCUT2D eigenvalue weighted by Crippen LogP contribution is -2.51. The van der Waals surface area contributed by atoms with E-state index in [0.29, 0.717) is 5.75 Å². The second kappa shape index (κ2) is 7.11. The van der Waals surface area contributed by atoms with Gasteiger partial charge in [-0.05, 0) is 37.3 Å². The minimum absolute atomic E-state index is 0.315. The highest BCUT2D eigenvalue weighted by atomic mass is 16.5. The fourth-order valence-corrected chi connectivity index (χ4v) is 2.84. The highest BCUT2D eigenvalue weighted by molar-refractivity contribution is 5.47. The van der Waals surface area contributed by atoms with Crippen molar-refractivity contribution in [2.24, 2.45) is 10.2 Å². The topological polar surface area (TPSA) is 54.2 Å². The quantitative estimate of drug-likeness (QED) is 0.679. The SMILES string of the molecule is Cc1ccc(N=Nc2ccc(O)c(C[N+]3(C)CCOCC3)c2)cc1. The first-order chi connectivity index (χ1) is 11.5. The van der Waals surface area contributed by atoms with Crippen LogP contribution in [0.5, 0.6) is 5.75 Å². The maximum atomic E-state index is 10.2. The fraction of sp³-hybridized carbons (Fsp3) is 0.368. The Labute approximate surface area is 142 Å². The zero-order chi connectivity index (χ0) is 17.0. The lowest BCUT2D eigenvalue weighted by Gasteiger charge is -2.37. The average molecular weight is 326 g/mol. The number of nitrogens with zero attached hydrogens (tertiary/aromatic N) is 3. The number of benzene rings is 2. The smallest absolute Gasteiger partial charge is 0.124 e. The molecule has 0 aromatic heterocycles. The third kappa shape index (κ3) is 4.19. The van der Waals surface area contributed by atoms with Crippen LogP contribution < -0.4 is 0 Å². The normalized spacial score (nSPS) is 17.2. The van der Waals surface area contributed by atoms with E-state index >= 15 is 0 Å². The van der Waals surface area contributed by atoms with Crippen molar-refractivity contribution in [1.29, 1.82) is 0 Å². The third-order valence-electron chi connectivity index (χ3n) is 4.48. The first-order valence-electron chi connectivity index (χ1n) is 8.26. The Balaban J connectivity index is 1.77. The molecule has 1 heterocycles. The summed E-state index contributed by atoms with van der Waals surface area (Å²) in [6, 6.07) is 13.3. The minimum atomic E-state index is 0.315.